The van der Waals surface area contributed by atoms with E-state index in [1.165, 1.54) is 0 Å². The number of carbonyl (C=O) groups excluding carboxylic acids is 1. The van der Waals surface area contributed by atoms with Crippen molar-refractivity contribution < 1.29 is 14.3 Å². The average Bonchev–Trinajstić information content (AvgIpc) is 2.49. The van der Waals surface area contributed by atoms with Crippen molar-refractivity contribution in [1.29, 1.82) is 0 Å². The van der Waals surface area contributed by atoms with Crippen molar-refractivity contribution in [3.05, 3.63) is 24.3 Å². The first-order valence-corrected chi connectivity index (χ1v) is 7.01. The Kier molecular flexibility index (Phi) is 5.83. The number of hydrogen-bond acceptors (Lipinski definition) is 4. The molecule has 0 aliphatic carbocycles. The van der Waals surface area contributed by atoms with E-state index in [1.54, 1.807) is 7.11 Å². The lowest BCUT2D eigenvalue weighted by Gasteiger charge is -2.29. The SMILES string of the molecule is COCCCC(=O)Nc1cccc(N2CCOCC2)c1. The van der Waals surface area contributed by atoms with Crippen molar-refractivity contribution in [2.45, 2.75) is 12.8 Å². The second-order valence-electron chi connectivity index (χ2n) is 4.79. The number of benzene rings is 1. The Labute approximate surface area is 119 Å². The van der Waals surface area contributed by atoms with Crippen LogP contribution in [0, 0.1) is 0 Å². The Bertz CT molecular complexity index is 431. The third kappa shape index (κ3) is 4.51. The van der Waals surface area contributed by atoms with Gasteiger partial charge in [0.05, 0.1) is 13.2 Å². The molecule has 1 fully saturated rings. The molecule has 1 aliphatic rings. The first-order chi connectivity index (χ1) is 9.79. The molecule has 5 heteroatoms. The lowest BCUT2D eigenvalue weighted by atomic mass is 10.2. The van der Waals surface area contributed by atoms with Crippen molar-refractivity contribution in [1.82, 2.24) is 0 Å². The number of amides is 1. The number of anilines is 2. The summed E-state index contributed by atoms with van der Waals surface area (Å²) in [7, 11) is 1.64. The van der Waals surface area contributed by atoms with Gasteiger partial charge < -0.3 is 19.7 Å². The zero-order valence-corrected chi connectivity index (χ0v) is 11.9. The van der Waals surface area contributed by atoms with Gasteiger partial charge in [-0.2, -0.15) is 0 Å². The Morgan fingerprint density at radius 1 is 1.40 bits per heavy atom. The summed E-state index contributed by atoms with van der Waals surface area (Å²) in [6.07, 6.45) is 1.22. The lowest BCUT2D eigenvalue weighted by Crippen LogP contribution is -2.36. The molecular formula is C15H22N2O3. The fraction of sp³-hybridized carbons (Fsp3) is 0.533. The zero-order chi connectivity index (χ0) is 14.2. The molecule has 1 saturated heterocycles. The fourth-order valence-electron chi connectivity index (χ4n) is 2.20. The Morgan fingerprint density at radius 2 is 2.20 bits per heavy atom. The van der Waals surface area contributed by atoms with Crippen molar-refractivity contribution in [2.24, 2.45) is 0 Å². The third-order valence-electron chi connectivity index (χ3n) is 3.26. The molecule has 0 saturated carbocycles. The first-order valence-electron chi connectivity index (χ1n) is 7.01. The van der Waals surface area contributed by atoms with Gasteiger partial charge in [-0.3, -0.25) is 4.79 Å². The number of ether oxygens (including phenoxy) is 2. The van der Waals surface area contributed by atoms with Crippen LogP contribution in [0.1, 0.15) is 12.8 Å². The highest BCUT2D eigenvalue weighted by Crippen LogP contribution is 2.20. The highest BCUT2D eigenvalue weighted by Gasteiger charge is 2.11. The quantitative estimate of drug-likeness (QED) is 0.807. The molecule has 1 aromatic carbocycles. The lowest BCUT2D eigenvalue weighted by molar-refractivity contribution is -0.116. The van der Waals surface area contributed by atoms with Crippen LogP contribution in [0.25, 0.3) is 0 Å². The van der Waals surface area contributed by atoms with Gasteiger partial charge in [0.1, 0.15) is 0 Å². The average molecular weight is 278 g/mol. The number of rotatable bonds is 6. The van der Waals surface area contributed by atoms with Gasteiger partial charge in [0.15, 0.2) is 0 Å². The van der Waals surface area contributed by atoms with Crippen molar-refractivity contribution in [2.75, 3.05) is 50.2 Å². The molecule has 1 N–H and O–H groups in total. The molecule has 20 heavy (non-hydrogen) atoms. The monoisotopic (exact) mass is 278 g/mol. The van der Waals surface area contributed by atoms with E-state index in [2.05, 4.69) is 16.3 Å². The highest BCUT2D eigenvalue weighted by molar-refractivity contribution is 5.91. The molecule has 0 spiro atoms. The van der Waals surface area contributed by atoms with Crippen LogP contribution in [-0.4, -0.2) is 45.9 Å². The standard InChI is InChI=1S/C15H22N2O3/c1-19-9-3-6-15(18)16-13-4-2-5-14(12-13)17-7-10-20-11-8-17/h2,4-5,12H,3,6-11H2,1H3,(H,16,18). The van der Waals surface area contributed by atoms with E-state index in [0.717, 1.165) is 44.1 Å². The maximum atomic E-state index is 11.8. The number of nitrogens with one attached hydrogen (secondary N) is 1. The van der Waals surface area contributed by atoms with Crippen LogP contribution in [0.2, 0.25) is 0 Å². The van der Waals surface area contributed by atoms with Crippen LogP contribution in [-0.2, 0) is 14.3 Å². The summed E-state index contributed by atoms with van der Waals surface area (Å²) in [5.41, 5.74) is 1.97. The van der Waals surface area contributed by atoms with Crippen LogP contribution in [0.4, 0.5) is 11.4 Å². The van der Waals surface area contributed by atoms with Gasteiger partial charge in [0.25, 0.3) is 0 Å². The Balaban J connectivity index is 1.90. The first kappa shape index (κ1) is 14.8. The van der Waals surface area contributed by atoms with Crippen molar-refractivity contribution >= 4 is 17.3 Å². The number of morpholine rings is 1. The van der Waals surface area contributed by atoms with E-state index < -0.39 is 0 Å². The number of hydrogen-bond donors (Lipinski definition) is 1. The summed E-state index contributed by atoms with van der Waals surface area (Å²) in [5, 5.41) is 2.93. The molecule has 1 aromatic rings. The van der Waals surface area contributed by atoms with Crippen LogP contribution < -0.4 is 10.2 Å². The van der Waals surface area contributed by atoms with E-state index in [9.17, 15) is 4.79 Å². The van der Waals surface area contributed by atoms with Gasteiger partial charge in [0, 0.05) is 44.6 Å². The molecule has 0 aromatic heterocycles. The minimum atomic E-state index is 0.0289. The summed E-state index contributed by atoms with van der Waals surface area (Å²) in [6, 6.07) is 7.96. The minimum Gasteiger partial charge on any atom is -0.385 e. The molecule has 1 amide bonds. The van der Waals surface area contributed by atoms with Gasteiger partial charge in [-0.25, -0.2) is 0 Å². The molecule has 0 bridgehead atoms. The second-order valence-corrected chi connectivity index (χ2v) is 4.79. The van der Waals surface area contributed by atoms with Gasteiger partial charge in [0.2, 0.25) is 5.91 Å². The second kappa shape index (κ2) is 7.87. The third-order valence-corrected chi connectivity index (χ3v) is 3.26. The van der Waals surface area contributed by atoms with Gasteiger partial charge >= 0.3 is 0 Å². The predicted octanol–water partition coefficient (Wildman–Crippen LogP) is 1.89. The van der Waals surface area contributed by atoms with Gasteiger partial charge in [-0.05, 0) is 24.6 Å². The predicted molar refractivity (Wildman–Crippen MR) is 79.2 cm³/mol. The maximum Gasteiger partial charge on any atom is 0.224 e. The number of nitrogens with zero attached hydrogens (tertiary/aromatic N) is 1. The van der Waals surface area contributed by atoms with Crippen molar-refractivity contribution in [3.8, 4) is 0 Å². The normalized spacial score (nSPS) is 15.2. The van der Waals surface area contributed by atoms with E-state index in [1.807, 2.05) is 18.2 Å². The van der Waals surface area contributed by atoms with E-state index in [-0.39, 0.29) is 5.91 Å². The molecule has 1 heterocycles. The molecule has 0 radical (unpaired) electrons. The maximum absolute atomic E-state index is 11.8. The molecule has 1 aliphatic heterocycles. The van der Waals surface area contributed by atoms with Crippen LogP contribution in [0.3, 0.4) is 0 Å². The fourth-order valence-corrected chi connectivity index (χ4v) is 2.20. The molecule has 0 atom stereocenters. The Hall–Kier alpha value is -1.59. The number of methoxy groups -OCH3 is 1. The van der Waals surface area contributed by atoms with Gasteiger partial charge in [-0.15, -0.1) is 0 Å². The zero-order valence-electron chi connectivity index (χ0n) is 11.9. The smallest absolute Gasteiger partial charge is 0.224 e. The molecule has 2 rings (SSSR count). The highest BCUT2D eigenvalue weighted by atomic mass is 16.5. The molecular weight excluding hydrogens is 256 g/mol. The van der Waals surface area contributed by atoms with Crippen LogP contribution >= 0.6 is 0 Å². The topological polar surface area (TPSA) is 50.8 Å². The van der Waals surface area contributed by atoms with Crippen molar-refractivity contribution in [3.63, 3.8) is 0 Å². The molecule has 5 nitrogen and oxygen atoms in total. The summed E-state index contributed by atoms with van der Waals surface area (Å²) in [6.45, 7) is 3.92. The van der Waals surface area contributed by atoms with E-state index >= 15 is 0 Å². The van der Waals surface area contributed by atoms with Crippen LogP contribution in [0.15, 0.2) is 24.3 Å². The summed E-state index contributed by atoms with van der Waals surface area (Å²) < 4.78 is 10.3. The summed E-state index contributed by atoms with van der Waals surface area (Å²) >= 11 is 0. The van der Waals surface area contributed by atoms with E-state index in [4.69, 9.17) is 9.47 Å². The van der Waals surface area contributed by atoms with Gasteiger partial charge in [-0.1, -0.05) is 6.07 Å². The van der Waals surface area contributed by atoms with E-state index in [0.29, 0.717) is 13.0 Å². The molecule has 110 valence electrons. The Morgan fingerprint density at radius 3 is 2.95 bits per heavy atom. The summed E-state index contributed by atoms with van der Waals surface area (Å²) in [5.74, 6) is 0.0289. The summed E-state index contributed by atoms with van der Waals surface area (Å²) in [4.78, 5) is 14.0. The molecule has 0 unspecified atom stereocenters. The van der Waals surface area contributed by atoms with Crippen LogP contribution in [0.5, 0.6) is 0 Å². The number of carbonyl (C=O) groups is 1. The minimum absolute atomic E-state index is 0.0289. The largest absolute Gasteiger partial charge is 0.385 e.